The van der Waals surface area contributed by atoms with Crippen LogP contribution in [0.15, 0.2) is 0 Å². The van der Waals surface area contributed by atoms with E-state index in [0.29, 0.717) is 6.54 Å². The third-order valence-electron chi connectivity index (χ3n) is 7.22. The van der Waals surface area contributed by atoms with Crippen molar-refractivity contribution >= 4 is 46.5 Å². The average Bonchev–Trinajstić information content (AvgIpc) is 2.74. The molecule has 0 saturated heterocycles. The second kappa shape index (κ2) is 8.10. The molecular weight excluding hydrogens is 468 g/mol. The van der Waals surface area contributed by atoms with Gasteiger partial charge in [-0.05, 0) is 39.8 Å². The molecule has 2 fully saturated rings. The Balaban J connectivity index is 1.87. The number of aromatic hydroxyl groups is 1. The standard InChI is InChI=1S/C22H25ClN4O7/c1-4-25-21-16(30)11-8(19(23)26-21)5-7-6-9-13(27(2)3)15(29)12(20(24)33)18(32)22(9,34)17(31)10(7)14(11)28/h7,9-10,12-13,30,34H,4-6H2,1-3H3,(H2,24,33)(H,25,26)/t7-,9-,10?,12?,13-,22-/m0/s1. The second-order valence-corrected chi connectivity index (χ2v) is 9.63. The third kappa shape index (κ3) is 3.10. The lowest BCUT2D eigenvalue weighted by Crippen LogP contribution is -2.74. The van der Waals surface area contributed by atoms with Crippen molar-refractivity contribution in [3.63, 3.8) is 0 Å². The van der Waals surface area contributed by atoms with Gasteiger partial charge in [0.2, 0.25) is 5.91 Å². The average molecular weight is 493 g/mol. The van der Waals surface area contributed by atoms with Gasteiger partial charge in [-0.15, -0.1) is 0 Å². The number of nitrogens with zero attached hydrogens (tertiary/aromatic N) is 2. The van der Waals surface area contributed by atoms with Gasteiger partial charge in [-0.3, -0.25) is 28.9 Å². The number of nitrogens with one attached hydrogen (secondary N) is 1. The van der Waals surface area contributed by atoms with Gasteiger partial charge in [0.1, 0.15) is 5.15 Å². The van der Waals surface area contributed by atoms with Crippen molar-refractivity contribution in [3.8, 4) is 5.75 Å². The Morgan fingerprint density at radius 2 is 1.91 bits per heavy atom. The molecule has 1 amide bonds. The fourth-order valence-corrected chi connectivity index (χ4v) is 6.06. The Morgan fingerprint density at radius 3 is 2.47 bits per heavy atom. The molecule has 1 aromatic heterocycles. The van der Waals surface area contributed by atoms with Gasteiger partial charge >= 0.3 is 0 Å². The number of carbonyl (C=O) groups is 5. The summed E-state index contributed by atoms with van der Waals surface area (Å²) in [6.07, 6.45) is 0.0214. The maximum absolute atomic E-state index is 13.7. The zero-order chi connectivity index (χ0) is 25.3. The van der Waals surface area contributed by atoms with Gasteiger partial charge in [-0.1, -0.05) is 11.6 Å². The maximum atomic E-state index is 13.7. The highest BCUT2D eigenvalue weighted by molar-refractivity contribution is 6.34. The zero-order valence-electron chi connectivity index (χ0n) is 18.8. The molecule has 2 unspecified atom stereocenters. The smallest absolute Gasteiger partial charge is 0.235 e. The number of aromatic nitrogens is 1. The normalized spacial score (nSPS) is 32.8. The Bertz CT molecular complexity index is 1150. The first-order valence-electron chi connectivity index (χ1n) is 10.9. The minimum Gasteiger partial charge on any atom is -0.504 e. The molecule has 5 N–H and O–H groups in total. The van der Waals surface area contributed by atoms with Crippen LogP contribution < -0.4 is 11.1 Å². The minimum absolute atomic E-state index is 0.0161. The summed E-state index contributed by atoms with van der Waals surface area (Å²) in [6.45, 7) is 2.12. The third-order valence-corrected chi connectivity index (χ3v) is 7.53. The van der Waals surface area contributed by atoms with Gasteiger partial charge < -0.3 is 21.3 Å². The number of aliphatic hydroxyl groups is 1. The molecule has 11 nitrogen and oxygen atoms in total. The number of rotatable bonds is 4. The minimum atomic E-state index is -2.76. The molecule has 34 heavy (non-hydrogen) atoms. The highest BCUT2D eigenvalue weighted by atomic mass is 35.5. The summed E-state index contributed by atoms with van der Waals surface area (Å²) in [6, 6.07) is -1.15. The van der Waals surface area contributed by atoms with Crippen molar-refractivity contribution < 1.29 is 34.2 Å². The van der Waals surface area contributed by atoms with Crippen LogP contribution in [0, 0.1) is 23.7 Å². The van der Waals surface area contributed by atoms with E-state index in [0.717, 1.165) is 0 Å². The van der Waals surface area contributed by atoms with Crippen LogP contribution in [0.5, 0.6) is 5.75 Å². The molecule has 3 aliphatic rings. The number of ketones is 4. The summed E-state index contributed by atoms with van der Waals surface area (Å²) in [5.41, 5.74) is 2.60. The van der Waals surface area contributed by atoms with Gasteiger partial charge in [0.05, 0.1) is 17.5 Å². The summed E-state index contributed by atoms with van der Waals surface area (Å²) in [5, 5.41) is 25.0. The van der Waals surface area contributed by atoms with E-state index in [1.165, 1.54) is 19.0 Å². The number of nitrogens with two attached hydrogens (primary N) is 1. The summed E-state index contributed by atoms with van der Waals surface area (Å²) in [5.74, 6) is -11.1. The molecule has 6 atom stereocenters. The van der Waals surface area contributed by atoms with Crippen molar-refractivity contribution in [1.29, 1.82) is 0 Å². The zero-order valence-corrected chi connectivity index (χ0v) is 19.5. The molecule has 3 aliphatic carbocycles. The first-order chi connectivity index (χ1) is 15.9. The van der Waals surface area contributed by atoms with Crippen LogP contribution >= 0.6 is 11.6 Å². The molecule has 0 aromatic carbocycles. The van der Waals surface area contributed by atoms with Crippen molar-refractivity contribution in [1.82, 2.24) is 9.88 Å². The van der Waals surface area contributed by atoms with E-state index in [2.05, 4.69) is 10.3 Å². The molecule has 12 heteroatoms. The number of amides is 1. The highest BCUT2D eigenvalue weighted by Gasteiger charge is 2.69. The summed E-state index contributed by atoms with van der Waals surface area (Å²) >= 11 is 6.32. The molecular formula is C22H25ClN4O7. The van der Waals surface area contributed by atoms with E-state index in [4.69, 9.17) is 17.3 Å². The highest BCUT2D eigenvalue weighted by Crippen LogP contribution is 2.51. The predicted octanol–water partition coefficient (Wildman–Crippen LogP) is -0.653. The van der Waals surface area contributed by atoms with E-state index >= 15 is 0 Å². The van der Waals surface area contributed by atoms with Crippen LogP contribution in [0.2, 0.25) is 5.15 Å². The molecule has 182 valence electrons. The number of anilines is 1. The fraction of sp³-hybridized carbons (Fsp3) is 0.545. The number of hydrogen-bond acceptors (Lipinski definition) is 10. The lowest BCUT2D eigenvalue weighted by Gasteiger charge is -2.52. The van der Waals surface area contributed by atoms with Gasteiger partial charge in [0.25, 0.3) is 0 Å². The largest absolute Gasteiger partial charge is 0.504 e. The number of carbonyl (C=O) groups excluding carboxylic acids is 5. The van der Waals surface area contributed by atoms with E-state index in [1.54, 1.807) is 6.92 Å². The van der Waals surface area contributed by atoms with Gasteiger partial charge in [0, 0.05) is 18.0 Å². The number of halogens is 1. The number of hydrogen-bond donors (Lipinski definition) is 4. The second-order valence-electron chi connectivity index (χ2n) is 9.27. The van der Waals surface area contributed by atoms with E-state index in [-0.39, 0.29) is 34.9 Å². The van der Waals surface area contributed by atoms with Crippen LogP contribution in [0.3, 0.4) is 0 Å². The molecule has 1 aromatic rings. The van der Waals surface area contributed by atoms with Crippen molar-refractivity contribution in [3.05, 3.63) is 16.3 Å². The van der Waals surface area contributed by atoms with Crippen LogP contribution in [-0.4, -0.2) is 81.4 Å². The Labute approximate surface area is 199 Å². The van der Waals surface area contributed by atoms with Crippen molar-refractivity contribution in [2.45, 2.75) is 31.4 Å². The SMILES string of the molecule is CCNc1nc(Cl)c2c(c1O)C(=O)C1C(=O)[C@]3(O)C(=O)C(C(N)=O)C(=O)[C@@H](N(C)C)[C@@H]3C[C@@H]1C2. The first-order valence-corrected chi connectivity index (χ1v) is 11.2. The van der Waals surface area contributed by atoms with Crippen LogP contribution in [-0.2, 0) is 25.6 Å². The topological polar surface area (TPSA) is 180 Å². The van der Waals surface area contributed by atoms with Crippen molar-refractivity contribution in [2.75, 3.05) is 26.0 Å². The monoisotopic (exact) mass is 492 g/mol. The Hall–Kier alpha value is -2.89. The first kappa shape index (κ1) is 24.2. The fourth-order valence-electron chi connectivity index (χ4n) is 5.81. The lowest BCUT2D eigenvalue weighted by atomic mass is 9.52. The molecule has 2 saturated carbocycles. The maximum Gasteiger partial charge on any atom is 0.235 e. The molecule has 4 rings (SSSR count). The van der Waals surface area contributed by atoms with Gasteiger partial charge in [-0.2, -0.15) is 0 Å². The van der Waals surface area contributed by atoms with Gasteiger partial charge in [0.15, 0.2) is 46.2 Å². The summed E-state index contributed by atoms with van der Waals surface area (Å²) in [4.78, 5) is 70.9. The molecule has 0 radical (unpaired) electrons. The number of Topliss-reactive ketones (excluding diaryl/α,β-unsaturated/α-hetero) is 4. The lowest BCUT2D eigenvalue weighted by molar-refractivity contribution is -0.181. The van der Waals surface area contributed by atoms with Gasteiger partial charge in [-0.25, -0.2) is 4.98 Å². The quantitative estimate of drug-likeness (QED) is 0.311. The van der Waals surface area contributed by atoms with E-state index in [1.807, 2.05) is 0 Å². The number of pyridine rings is 1. The van der Waals surface area contributed by atoms with E-state index < -0.39 is 70.1 Å². The number of fused-ring (bicyclic) bond motifs is 3. The summed E-state index contributed by atoms with van der Waals surface area (Å²) < 4.78 is 0. The molecule has 0 aliphatic heterocycles. The molecule has 0 spiro atoms. The summed E-state index contributed by atoms with van der Waals surface area (Å²) in [7, 11) is 3.05. The predicted molar refractivity (Wildman–Crippen MR) is 118 cm³/mol. The van der Waals surface area contributed by atoms with Crippen LogP contribution in [0.4, 0.5) is 5.82 Å². The van der Waals surface area contributed by atoms with E-state index in [9.17, 15) is 34.2 Å². The van der Waals surface area contributed by atoms with Crippen LogP contribution in [0.25, 0.3) is 0 Å². The Morgan fingerprint density at radius 1 is 1.26 bits per heavy atom. The van der Waals surface area contributed by atoms with Crippen molar-refractivity contribution in [2.24, 2.45) is 29.4 Å². The molecule has 0 bridgehead atoms. The number of likely N-dealkylation sites (N-methyl/N-ethyl adjacent to an activating group) is 1. The van der Waals surface area contributed by atoms with Crippen LogP contribution in [0.1, 0.15) is 29.3 Å². The number of primary amides is 1. The Kier molecular flexibility index (Phi) is 5.78. The molecule has 1 heterocycles.